The average molecular weight is 364 g/mol. The molecule has 0 aromatic carbocycles. The smallest absolute Gasteiger partial charge is 0.463 e. The second-order valence-corrected chi connectivity index (χ2v) is 5.26. The molecule has 0 radical (unpaired) electrons. The highest BCUT2D eigenvalue weighted by molar-refractivity contribution is 5.76. The molecule has 0 amide bonds. The zero-order valence-corrected chi connectivity index (χ0v) is 15.3. The maximum absolute atomic E-state index is 11.5. The van der Waals surface area contributed by atoms with Gasteiger partial charge in [-0.15, -0.1) is 0 Å². The molecular formula is C16H28O9. The molecule has 0 unspecified atom stereocenters. The van der Waals surface area contributed by atoms with Crippen molar-refractivity contribution in [1.29, 1.82) is 0 Å². The third kappa shape index (κ3) is 14.1. The van der Waals surface area contributed by atoms with Crippen LogP contribution in [0.25, 0.3) is 0 Å². The van der Waals surface area contributed by atoms with E-state index in [4.69, 9.17) is 28.4 Å². The van der Waals surface area contributed by atoms with Gasteiger partial charge < -0.3 is 28.4 Å². The minimum Gasteiger partial charge on any atom is -0.463 e. The molecule has 0 N–H and O–H groups in total. The summed E-state index contributed by atoms with van der Waals surface area (Å²) in [4.78, 5) is 33.9. The Hall–Kier alpha value is -2.03. The second kappa shape index (κ2) is 14.3. The molecule has 146 valence electrons. The van der Waals surface area contributed by atoms with Gasteiger partial charge in [-0.05, 0) is 27.2 Å². The zero-order chi connectivity index (χ0) is 19.1. The Morgan fingerprint density at radius 2 is 1.32 bits per heavy atom. The van der Waals surface area contributed by atoms with E-state index in [1.165, 1.54) is 6.92 Å². The topological polar surface area (TPSA) is 107 Å². The first kappa shape index (κ1) is 23.0. The molecule has 9 heteroatoms. The Morgan fingerprint density at radius 1 is 0.760 bits per heavy atom. The van der Waals surface area contributed by atoms with Crippen LogP contribution in [0.3, 0.4) is 0 Å². The van der Waals surface area contributed by atoms with Gasteiger partial charge >= 0.3 is 18.3 Å². The first-order chi connectivity index (χ1) is 11.9. The molecule has 0 saturated heterocycles. The summed E-state index contributed by atoms with van der Waals surface area (Å²) in [5.74, 6) is -0.618. The van der Waals surface area contributed by atoms with Crippen LogP contribution in [0.2, 0.25) is 0 Å². The Kier molecular flexibility index (Phi) is 13.2. The molecule has 0 spiro atoms. The van der Waals surface area contributed by atoms with Crippen LogP contribution in [0.15, 0.2) is 0 Å². The lowest BCUT2D eigenvalue weighted by Gasteiger charge is -2.12. The van der Waals surface area contributed by atoms with Gasteiger partial charge in [-0.1, -0.05) is 13.3 Å². The van der Waals surface area contributed by atoms with E-state index in [2.05, 4.69) is 0 Å². The fraction of sp³-hybridized carbons (Fsp3) is 0.812. The molecule has 0 aliphatic heterocycles. The van der Waals surface area contributed by atoms with E-state index in [1.54, 1.807) is 13.8 Å². The quantitative estimate of drug-likeness (QED) is 0.293. The third-order valence-corrected chi connectivity index (χ3v) is 2.57. The summed E-state index contributed by atoms with van der Waals surface area (Å²) in [5.41, 5.74) is 0. The van der Waals surface area contributed by atoms with E-state index in [9.17, 15) is 14.4 Å². The molecular weight excluding hydrogens is 336 g/mol. The average Bonchev–Trinajstić information content (AvgIpc) is 2.53. The normalized spacial score (nSPS) is 11.6. The zero-order valence-electron chi connectivity index (χ0n) is 15.3. The van der Waals surface area contributed by atoms with Crippen LogP contribution in [0.1, 0.15) is 40.5 Å². The lowest BCUT2D eigenvalue weighted by atomic mass is 10.3. The summed E-state index contributed by atoms with van der Waals surface area (Å²) in [6.07, 6.45) is -1.39. The number of ether oxygens (including phenoxy) is 6. The standard InChI is InChI=1S/C16H28O9/c1-5-6-7-21-14(17)13(4)25-16(19)23-11-9-20-8-10-22-15(18)24-12(2)3/h12-13H,5-11H2,1-4H3/t13-/m1/s1. The maximum Gasteiger partial charge on any atom is 0.509 e. The lowest BCUT2D eigenvalue weighted by molar-refractivity contribution is -0.154. The lowest BCUT2D eigenvalue weighted by Crippen LogP contribution is -2.27. The van der Waals surface area contributed by atoms with Crippen LogP contribution in [0.5, 0.6) is 0 Å². The number of hydrogen-bond acceptors (Lipinski definition) is 9. The van der Waals surface area contributed by atoms with E-state index in [0.29, 0.717) is 6.61 Å². The molecule has 0 saturated carbocycles. The third-order valence-electron chi connectivity index (χ3n) is 2.57. The Balaban J connectivity index is 3.60. The Morgan fingerprint density at radius 3 is 1.84 bits per heavy atom. The molecule has 0 aliphatic carbocycles. The van der Waals surface area contributed by atoms with Gasteiger partial charge in [0.1, 0.15) is 13.2 Å². The molecule has 0 heterocycles. The Labute approximate surface area is 147 Å². The second-order valence-electron chi connectivity index (χ2n) is 5.26. The Bertz CT molecular complexity index is 395. The molecule has 0 fully saturated rings. The monoisotopic (exact) mass is 364 g/mol. The van der Waals surface area contributed by atoms with Crippen LogP contribution in [-0.4, -0.2) is 63.5 Å². The highest BCUT2D eigenvalue weighted by atomic mass is 16.7. The summed E-state index contributed by atoms with van der Waals surface area (Å²) < 4.78 is 29.0. The fourth-order valence-electron chi connectivity index (χ4n) is 1.36. The van der Waals surface area contributed by atoms with Crippen LogP contribution < -0.4 is 0 Å². The minimum atomic E-state index is -1.04. The molecule has 0 aliphatic rings. The summed E-state index contributed by atoms with van der Waals surface area (Å²) in [5, 5.41) is 0. The summed E-state index contributed by atoms with van der Waals surface area (Å²) >= 11 is 0. The van der Waals surface area contributed by atoms with Crippen molar-refractivity contribution in [1.82, 2.24) is 0 Å². The van der Waals surface area contributed by atoms with Gasteiger partial charge in [0.2, 0.25) is 0 Å². The van der Waals surface area contributed by atoms with E-state index in [0.717, 1.165) is 12.8 Å². The van der Waals surface area contributed by atoms with E-state index in [1.807, 2.05) is 6.92 Å². The predicted molar refractivity (Wildman–Crippen MR) is 86.2 cm³/mol. The fourth-order valence-corrected chi connectivity index (χ4v) is 1.36. The van der Waals surface area contributed by atoms with Crippen molar-refractivity contribution in [2.75, 3.05) is 33.0 Å². The molecule has 0 aromatic rings. The number of carbonyl (C=O) groups excluding carboxylic acids is 3. The molecule has 0 aromatic heterocycles. The van der Waals surface area contributed by atoms with Crippen molar-refractivity contribution in [2.24, 2.45) is 0 Å². The molecule has 25 heavy (non-hydrogen) atoms. The maximum atomic E-state index is 11.5. The summed E-state index contributed by atoms with van der Waals surface area (Å²) in [6, 6.07) is 0. The van der Waals surface area contributed by atoms with E-state index < -0.39 is 24.4 Å². The number of esters is 1. The van der Waals surface area contributed by atoms with Gasteiger partial charge in [-0.2, -0.15) is 0 Å². The van der Waals surface area contributed by atoms with Crippen LogP contribution >= 0.6 is 0 Å². The molecule has 0 rings (SSSR count). The first-order valence-corrected chi connectivity index (χ1v) is 8.28. The van der Waals surface area contributed by atoms with Gasteiger partial charge in [-0.3, -0.25) is 0 Å². The largest absolute Gasteiger partial charge is 0.509 e. The van der Waals surface area contributed by atoms with Crippen LogP contribution in [0.4, 0.5) is 9.59 Å². The van der Waals surface area contributed by atoms with Gasteiger partial charge in [0.05, 0.1) is 25.9 Å². The van der Waals surface area contributed by atoms with Gasteiger partial charge in [0.25, 0.3) is 0 Å². The SMILES string of the molecule is CCCCOC(=O)[C@@H](C)OC(=O)OCCOCCOC(=O)OC(C)C. The van der Waals surface area contributed by atoms with Gasteiger partial charge in [0, 0.05) is 0 Å². The predicted octanol–water partition coefficient (Wildman–Crippen LogP) is 2.45. The van der Waals surface area contributed by atoms with Gasteiger partial charge in [-0.25, -0.2) is 14.4 Å². The van der Waals surface area contributed by atoms with E-state index >= 15 is 0 Å². The van der Waals surface area contributed by atoms with Gasteiger partial charge in [0.15, 0.2) is 6.10 Å². The highest BCUT2D eigenvalue weighted by Gasteiger charge is 2.19. The number of hydrogen-bond donors (Lipinski definition) is 0. The van der Waals surface area contributed by atoms with Crippen molar-refractivity contribution in [2.45, 2.75) is 52.7 Å². The number of unbranched alkanes of at least 4 members (excludes halogenated alkanes) is 1. The number of rotatable bonds is 12. The molecule has 0 bridgehead atoms. The van der Waals surface area contributed by atoms with Crippen molar-refractivity contribution in [3.63, 3.8) is 0 Å². The molecule has 1 atom stereocenters. The number of carbonyl (C=O) groups is 3. The highest BCUT2D eigenvalue weighted by Crippen LogP contribution is 1.99. The summed E-state index contributed by atoms with van der Waals surface area (Å²) in [6.45, 7) is 7.26. The van der Waals surface area contributed by atoms with Crippen LogP contribution in [0, 0.1) is 0 Å². The van der Waals surface area contributed by atoms with Crippen molar-refractivity contribution < 1.29 is 42.8 Å². The summed E-state index contributed by atoms with van der Waals surface area (Å²) in [7, 11) is 0. The van der Waals surface area contributed by atoms with Crippen molar-refractivity contribution in [3.05, 3.63) is 0 Å². The molecule has 9 nitrogen and oxygen atoms in total. The van der Waals surface area contributed by atoms with Crippen molar-refractivity contribution in [3.8, 4) is 0 Å². The van der Waals surface area contributed by atoms with Crippen molar-refractivity contribution >= 4 is 18.3 Å². The minimum absolute atomic E-state index is 0.0244. The first-order valence-electron chi connectivity index (χ1n) is 8.28. The van der Waals surface area contributed by atoms with E-state index in [-0.39, 0.29) is 32.5 Å². The van der Waals surface area contributed by atoms with Crippen LogP contribution in [-0.2, 0) is 33.2 Å².